The lowest BCUT2D eigenvalue weighted by Crippen LogP contribution is -2.54. The molecule has 2 atom stereocenters. The van der Waals surface area contributed by atoms with Crippen molar-refractivity contribution in [3.63, 3.8) is 0 Å². The second-order valence-electron chi connectivity index (χ2n) is 7.57. The van der Waals surface area contributed by atoms with Crippen LogP contribution in [0.25, 0.3) is 0 Å². The van der Waals surface area contributed by atoms with Gasteiger partial charge in [-0.25, -0.2) is 8.42 Å². The molecule has 150 valence electrons. The Labute approximate surface area is 167 Å². The van der Waals surface area contributed by atoms with E-state index < -0.39 is 16.1 Å². The molecule has 0 radical (unpaired) electrons. The fourth-order valence-electron chi connectivity index (χ4n) is 4.19. The van der Waals surface area contributed by atoms with Crippen molar-refractivity contribution in [2.45, 2.75) is 23.6 Å². The number of sulfonamides is 1. The molecular weight excluding hydrogens is 374 g/mol. The number of hydrogen-bond donors (Lipinski definition) is 1. The molecule has 6 nitrogen and oxygen atoms in total. The van der Waals surface area contributed by atoms with Crippen LogP contribution < -0.4 is 0 Å². The highest BCUT2D eigenvalue weighted by Gasteiger charge is 2.38. The van der Waals surface area contributed by atoms with Gasteiger partial charge in [0.2, 0.25) is 10.0 Å². The molecule has 2 aliphatic rings. The second-order valence-corrected chi connectivity index (χ2v) is 9.51. The van der Waals surface area contributed by atoms with Gasteiger partial charge in [-0.1, -0.05) is 48.5 Å². The van der Waals surface area contributed by atoms with Crippen LogP contribution in [0, 0.1) is 0 Å². The maximum absolute atomic E-state index is 12.8. The average molecular weight is 402 g/mol. The van der Waals surface area contributed by atoms with Crippen molar-refractivity contribution in [3.8, 4) is 0 Å². The standard InChI is InChI=1S/C21H27N3O3S/c25-21-17-22(15-18-7-3-1-4-8-18)16-20(21)23-11-13-24(14-12-23)28(26,27)19-9-5-2-6-10-19/h1-10,20-21,25H,11-17H2/t20-,21?/m1/s1. The van der Waals surface area contributed by atoms with Gasteiger partial charge in [-0.2, -0.15) is 4.31 Å². The molecule has 0 aromatic heterocycles. The molecule has 1 N–H and O–H groups in total. The molecule has 0 bridgehead atoms. The van der Waals surface area contributed by atoms with Crippen LogP contribution in [0.15, 0.2) is 65.6 Å². The van der Waals surface area contributed by atoms with Gasteiger partial charge < -0.3 is 5.11 Å². The van der Waals surface area contributed by atoms with Crippen LogP contribution in [-0.4, -0.2) is 79.0 Å². The zero-order chi connectivity index (χ0) is 19.6. The molecule has 0 saturated carbocycles. The van der Waals surface area contributed by atoms with E-state index in [1.807, 2.05) is 24.3 Å². The Morgan fingerprint density at radius 1 is 0.857 bits per heavy atom. The minimum Gasteiger partial charge on any atom is -0.390 e. The number of hydrogen-bond acceptors (Lipinski definition) is 5. The Bertz CT molecular complexity index is 868. The normalized spacial score (nSPS) is 25.2. The Kier molecular flexibility index (Phi) is 5.80. The summed E-state index contributed by atoms with van der Waals surface area (Å²) in [5.41, 5.74) is 1.24. The van der Waals surface area contributed by atoms with E-state index in [0.717, 1.165) is 13.1 Å². The summed E-state index contributed by atoms with van der Waals surface area (Å²) in [4.78, 5) is 4.86. The number of rotatable bonds is 5. The van der Waals surface area contributed by atoms with Gasteiger partial charge >= 0.3 is 0 Å². The summed E-state index contributed by atoms with van der Waals surface area (Å²) in [6.07, 6.45) is -0.402. The first kappa shape index (κ1) is 19.5. The second kappa shape index (κ2) is 8.31. The van der Waals surface area contributed by atoms with Crippen molar-refractivity contribution in [1.82, 2.24) is 14.1 Å². The van der Waals surface area contributed by atoms with E-state index >= 15 is 0 Å². The zero-order valence-corrected chi connectivity index (χ0v) is 16.7. The lowest BCUT2D eigenvalue weighted by atomic mass is 10.1. The molecule has 0 spiro atoms. The van der Waals surface area contributed by atoms with Crippen LogP contribution in [0.3, 0.4) is 0 Å². The quantitative estimate of drug-likeness (QED) is 0.817. The molecule has 1 unspecified atom stereocenters. The van der Waals surface area contributed by atoms with Crippen LogP contribution in [0.1, 0.15) is 5.56 Å². The maximum Gasteiger partial charge on any atom is 0.243 e. The smallest absolute Gasteiger partial charge is 0.243 e. The number of likely N-dealkylation sites (tertiary alicyclic amines) is 1. The highest BCUT2D eigenvalue weighted by atomic mass is 32.2. The van der Waals surface area contributed by atoms with Gasteiger partial charge in [-0.3, -0.25) is 9.80 Å². The zero-order valence-electron chi connectivity index (χ0n) is 15.9. The molecule has 2 aliphatic heterocycles. The average Bonchev–Trinajstić information content (AvgIpc) is 3.09. The third-order valence-corrected chi connectivity index (χ3v) is 7.62. The van der Waals surface area contributed by atoms with E-state index in [1.165, 1.54) is 5.56 Å². The van der Waals surface area contributed by atoms with Gasteiger partial charge in [0.1, 0.15) is 0 Å². The maximum atomic E-state index is 12.8. The highest BCUT2D eigenvalue weighted by molar-refractivity contribution is 7.89. The number of piperazine rings is 1. The predicted octanol–water partition coefficient (Wildman–Crippen LogP) is 1.24. The largest absolute Gasteiger partial charge is 0.390 e. The van der Waals surface area contributed by atoms with Crippen molar-refractivity contribution in [3.05, 3.63) is 66.2 Å². The molecule has 2 saturated heterocycles. The first-order chi connectivity index (χ1) is 13.5. The lowest BCUT2D eigenvalue weighted by molar-refractivity contribution is 0.0618. The lowest BCUT2D eigenvalue weighted by Gasteiger charge is -2.38. The first-order valence-corrected chi connectivity index (χ1v) is 11.2. The van der Waals surface area contributed by atoms with Gasteiger partial charge in [0.15, 0.2) is 0 Å². The molecular formula is C21H27N3O3S. The number of β-amino-alcohol motifs (C(OH)–C–C–N with tert-alkyl or cyclic N) is 1. The van der Waals surface area contributed by atoms with E-state index in [0.29, 0.717) is 37.6 Å². The Balaban J connectivity index is 1.35. The number of nitrogens with zero attached hydrogens (tertiary/aromatic N) is 3. The van der Waals surface area contributed by atoms with Crippen LogP contribution in [0.4, 0.5) is 0 Å². The van der Waals surface area contributed by atoms with E-state index in [-0.39, 0.29) is 6.04 Å². The molecule has 28 heavy (non-hydrogen) atoms. The van der Waals surface area contributed by atoms with Gasteiger partial charge in [0.25, 0.3) is 0 Å². The third kappa shape index (κ3) is 4.14. The molecule has 4 rings (SSSR count). The number of benzene rings is 2. The van der Waals surface area contributed by atoms with Crippen molar-refractivity contribution >= 4 is 10.0 Å². The summed E-state index contributed by atoms with van der Waals surface area (Å²) >= 11 is 0. The molecule has 0 aliphatic carbocycles. The summed E-state index contributed by atoms with van der Waals surface area (Å²) in [5, 5.41) is 10.6. The van der Waals surface area contributed by atoms with Gasteiger partial charge in [-0.15, -0.1) is 0 Å². The van der Waals surface area contributed by atoms with Crippen LogP contribution >= 0.6 is 0 Å². The summed E-state index contributed by atoms with van der Waals surface area (Å²) in [5.74, 6) is 0. The number of aliphatic hydroxyl groups is 1. The van der Waals surface area contributed by atoms with Crippen LogP contribution in [0.2, 0.25) is 0 Å². The van der Waals surface area contributed by atoms with E-state index in [4.69, 9.17) is 0 Å². The fourth-order valence-corrected chi connectivity index (χ4v) is 5.64. The Hall–Kier alpha value is -1.77. The molecule has 2 heterocycles. The Morgan fingerprint density at radius 2 is 1.46 bits per heavy atom. The van der Waals surface area contributed by atoms with E-state index in [9.17, 15) is 13.5 Å². The molecule has 2 aromatic carbocycles. The van der Waals surface area contributed by atoms with Crippen molar-refractivity contribution in [2.75, 3.05) is 39.3 Å². The molecule has 7 heteroatoms. The van der Waals surface area contributed by atoms with Crippen molar-refractivity contribution in [1.29, 1.82) is 0 Å². The summed E-state index contributed by atoms with van der Waals surface area (Å²) in [6, 6.07) is 18.9. The highest BCUT2D eigenvalue weighted by Crippen LogP contribution is 2.22. The van der Waals surface area contributed by atoms with Gasteiger partial charge in [0.05, 0.1) is 11.0 Å². The van der Waals surface area contributed by atoms with E-state index in [1.54, 1.807) is 28.6 Å². The van der Waals surface area contributed by atoms with Gasteiger partial charge in [-0.05, 0) is 17.7 Å². The van der Waals surface area contributed by atoms with Crippen molar-refractivity contribution < 1.29 is 13.5 Å². The fraction of sp³-hybridized carbons (Fsp3) is 0.429. The first-order valence-electron chi connectivity index (χ1n) is 9.77. The minimum absolute atomic E-state index is 0.0605. The van der Waals surface area contributed by atoms with Crippen molar-refractivity contribution in [2.24, 2.45) is 0 Å². The van der Waals surface area contributed by atoms with Crippen LogP contribution in [-0.2, 0) is 16.6 Å². The topological polar surface area (TPSA) is 64.1 Å². The van der Waals surface area contributed by atoms with Gasteiger partial charge in [0, 0.05) is 51.9 Å². The Morgan fingerprint density at radius 3 is 2.11 bits per heavy atom. The summed E-state index contributed by atoms with van der Waals surface area (Å²) in [7, 11) is -3.44. The SMILES string of the molecule is O=S(=O)(c1ccccc1)N1CCN([C@@H]2CN(Cc3ccccc3)CC2O)CC1. The molecule has 2 aromatic rings. The third-order valence-electron chi connectivity index (χ3n) is 5.71. The summed E-state index contributed by atoms with van der Waals surface area (Å²) < 4.78 is 27.1. The number of aliphatic hydroxyl groups excluding tert-OH is 1. The minimum atomic E-state index is -3.44. The molecule has 0 amide bonds. The van der Waals surface area contributed by atoms with Crippen LogP contribution in [0.5, 0.6) is 0 Å². The molecule has 2 fully saturated rings. The summed E-state index contributed by atoms with van der Waals surface area (Å²) in [6.45, 7) is 4.50. The predicted molar refractivity (Wildman–Crippen MR) is 108 cm³/mol. The van der Waals surface area contributed by atoms with E-state index in [2.05, 4.69) is 21.9 Å². The monoisotopic (exact) mass is 401 g/mol.